The van der Waals surface area contributed by atoms with Crippen molar-refractivity contribution in [1.29, 1.82) is 0 Å². The Hall–Kier alpha value is -2.82. The molecule has 3 rings (SSSR count). The quantitative estimate of drug-likeness (QED) is 0.801. The van der Waals surface area contributed by atoms with E-state index in [1.807, 2.05) is 37.3 Å². The normalized spacial score (nSPS) is 10.7. The Bertz CT molecular complexity index is 823. The molecule has 0 bridgehead atoms. The lowest BCUT2D eigenvalue weighted by atomic mass is 10.0. The van der Waals surface area contributed by atoms with Crippen molar-refractivity contribution in [2.24, 2.45) is 0 Å². The number of aryl methyl sites for hydroxylation is 2. The molecule has 0 radical (unpaired) electrons. The Labute approximate surface area is 135 Å². The minimum Gasteiger partial charge on any atom is -0.506 e. The number of rotatable bonds is 4. The van der Waals surface area contributed by atoms with E-state index in [4.69, 9.17) is 4.74 Å². The molecule has 0 saturated carbocycles. The molecule has 5 heteroatoms. The number of phenolic OH excluding ortho intramolecular Hbond substituents is 1. The van der Waals surface area contributed by atoms with Crippen molar-refractivity contribution in [3.63, 3.8) is 0 Å². The van der Waals surface area contributed by atoms with Crippen molar-refractivity contribution < 1.29 is 9.84 Å². The van der Waals surface area contributed by atoms with Crippen molar-refractivity contribution >= 4 is 0 Å². The number of aromatic nitrogens is 3. The summed E-state index contributed by atoms with van der Waals surface area (Å²) in [6.45, 7) is 4.09. The molecule has 0 saturated heterocycles. The molecular weight excluding hydrogens is 290 g/mol. The second kappa shape index (κ2) is 6.12. The van der Waals surface area contributed by atoms with Gasteiger partial charge >= 0.3 is 0 Å². The third kappa shape index (κ3) is 2.77. The second-order valence-electron chi connectivity index (χ2n) is 5.38. The molecule has 1 heterocycles. The average molecular weight is 309 g/mol. The number of hydrogen-bond donors (Lipinski definition) is 1. The Kier molecular flexibility index (Phi) is 4.02. The fourth-order valence-electron chi connectivity index (χ4n) is 2.65. The van der Waals surface area contributed by atoms with Gasteiger partial charge in [0.1, 0.15) is 17.2 Å². The molecule has 0 aliphatic rings. The van der Waals surface area contributed by atoms with Crippen LogP contribution in [0.15, 0.2) is 42.6 Å². The van der Waals surface area contributed by atoms with Crippen LogP contribution in [-0.4, -0.2) is 27.2 Å². The molecule has 0 amide bonds. The van der Waals surface area contributed by atoms with Crippen LogP contribution in [0.3, 0.4) is 0 Å². The van der Waals surface area contributed by atoms with Gasteiger partial charge in [-0.25, -0.2) is 4.68 Å². The van der Waals surface area contributed by atoms with Gasteiger partial charge in [-0.1, -0.05) is 12.1 Å². The number of benzene rings is 2. The van der Waals surface area contributed by atoms with Gasteiger partial charge in [0.25, 0.3) is 0 Å². The van der Waals surface area contributed by atoms with E-state index in [1.165, 1.54) is 5.56 Å². The highest BCUT2D eigenvalue weighted by Gasteiger charge is 2.14. The number of ether oxygens (including phenoxy) is 1. The molecule has 0 aliphatic carbocycles. The summed E-state index contributed by atoms with van der Waals surface area (Å²) in [5.41, 5.74) is 4.65. The van der Waals surface area contributed by atoms with Crippen LogP contribution in [0.1, 0.15) is 18.1 Å². The fourth-order valence-corrected chi connectivity index (χ4v) is 2.65. The molecule has 23 heavy (non-hydrogen) atoms. The molecular formula is C18H19N3O2. The van der Waals surface area contributed by atoms with Gasteiger partial charge < -0.3 is 9.84 Å². The number of aromatic hydroxyl groups is 1. The largest absolute Gasteiger partial charge is 0.506 e. The van der Waals surface area contributed by atoms with Crippen LogP contribution in [0.4, 0.5) is 0 Å². The molecule has 0 aliphatic heterocycles. The van der Waals surface area contributed by atoms with Crippen LogP contribution in [0.5, 0.6) is 11.5 Å². The first-order valence-corrected chi connectivity index (χ1v) is 7.52. The van der Waals surface area contributed by atoms with Crippen molar-refractivity contribution in [1.82, 2.24) is 15.0 Å². The van der Waals surface area contributed by atoms with Crippen molar-refractivity contribution in [2.45, 2.75) is 20.3 Å². The summed E-state index contributed by atoms with van der Waals surface area (Å²) in [4.78, 5) is 0. The maximum atomic E-state index is 10.3. The summed E-state index contributed by atoms with van der Waals surface area (Å²) in [6.07, 6.45) is 2.58. The zero-order valence-corrected chi connectivity index (χ0v) is 13.4. The third-order valence-corrected chi connectivity index (χ3v) is 3.98. The van der Waals surface area contributed by atoms with E-state index >= 15 is 0 Å². The van der Waals surface area contributed by atoms with E-state index in [0.717, 1.165) is 29.0 Å². The molecule has 2 aromatic carbocycles. The van der Waals surface area contributed by atoms with Gasteiger partial charge in [-0.15, -0.1) is 5.10 Å². The first-order chi connectivity index (χ1) is 11.1. The molecule has 3 aromatic rings. The molecule has 1 aromatic heterocycles. The highest BCUT2D eigenvalue weighted by molar-refractivity contribution is 5.64. The third-order valence-electron chi connectivity index (χ3n) is 3.98. The van der Waals surface area contributed by atoms with Gasteiger partial charge in [0.15, 0.2) is 0 Å². The van der Waals surface area contributed by atoms with Crippen LogP contribution >= 0.6 is 0 Å². The molecule has 1 N–H and O–H groups in total. The Morgan fingerprint density at radius 2 is 1.91 bits per heavy atom. The summed E-state index contributed by atoms with van der Waals surface area (Å²) in [5.74, 6) is 0.985. The molecule has 0 unspecified atom stereocenters. The fraction of sp³-hybridized carbons (Fsp3) is 0.222. The highest BCUT2D eigenvalue weighted by Crippen LogP contribution is 2.30. The molecule has 0 atom stereocenters. The van der Waals surface area contributed by atoms with E-state index in [0.29, 0.717) is 5.69 Å². The van der Waals surface area contributed by atoms with E-state index in [2.05, 4.69) is 17.2 Å². The van der Waals surface area contributed by atoms with Crippen LogP contribution in [0, 0.1) is 6.92 Å². The minimum atomic E-state index is 0.194. The van der Waals surface area contributed by atoms with Crippen LogP contribution < -0.4 is 4.74 Å². The van der Waals surface area contributed by atoms with Crippen molar-refractivity contribution in [3.05, 3.63) is 53.7 Å². The molecule has 5 nitrogen and oxygen atoms in total. The van der Waals surface area contributed by atoms with Crippen LogP contribution in [0.2, 0.25) is 0 Å². The summed E-state index contributed by atoms with van der Waals surface area (Å²) in [7, 11) is 1.64. The monoisotopic (exact) mass is 309 g/mol. The first kappa shape index (κ1) is 15.1. The molecule has 118 valence electrons. The Morgan fingerprint density at radius 1 is 1.17 bits per heavy atom. The summed E-state index contributed by atoms with van der Waals surface area (Å²) < 4.78 is 6.85. The van der Waals surface area contributed by atoms with E-state index in [9.17, 15) is 5.11 Å². The Balaban J connectivity index is 2.10. The summed E-state index contributed by atoms with van der Waals surface area (Å²) in [5, 5.41) is 18.5. The number of hydrogen-bond acceptors (Lipinski definition) is 4. The smallest absolute Gasteiger partial charge is 0.141 e. The van der Waals surface area contributed by atoms with Gasteiger partial charge in [-0.2, -0.15) is 0 Å². The van der Waals surface area contributed by atoms with Crippen LogP contribution in [0.25, 0.3) is 16.9 Å². The maximum absolute atomic E-state index is 10.3. The lowest BCUT2D eigenvalue weighted by Crippen LogP contribution is -2.02. The van der Waals surface area contributed by atoms with Crippen molar-refractivity contribution in [3.8, 4) is 28.4 Å². The van der Waals surface area contributed by atoms with Gasteiger partial charge in [-0.05, 0) is 60.9 Å². The zero-order valence-electron chi connectivity index (χ0n) is 13.4. The lowest BCUT2D eigenvalue weighted by Gasteiger charge is -2.12. The minimum absolute atomic E-state index is 0.194. The summed E-state index contributed by atoms with van der Waals surface area (Å²) >= 11 is 0. The molecule has 0 spiro atoms. The second-order valence-corrected chi connectivity index (χ2v) is 5.38. The van der Waals surface area contributed by atoms with Gasteiger partial charge in [0.2, 0.25) is 0 Å². The van der Waals surface area contributed by atoms with E-state index in [-0.39, 0.29) is 5.75 Å². The number of phenols is 1. The SMILES string of the molecule is CCc1cc(-n2nncc2-c2ccc(OC)cc2)c(O)cc1C. The first-order valence-electron chi connectivity index (χ1n) is 7.52. The molecule has 0 fully saturated rings. The predicted molar refractivity (Wildman–Crippen MR) is 89.1 cm³/mol. The van der Waals surface area contributed by atoms with Crippen LogP contribution in [-0.2, 0) is 6.42 Å². The average Bonchev–Trinajstić information content (AvgIpc) is 3.04. The van der Waals surface area contributed by atoms with Gasteiger partial charge in [0.05, 0.1) is 19.0 Å². The topological polar surface area (TPSA) is 60.2 Å². The van der Waals surface area contributed by atoms with Gasteiger partial charge in [0, 0.05) is 5.56 Å². The zero-order chi connectivity index (χ0) is 16.4. The van der Waals surface area contributed by atoms with Gasteiger partial charge in [-0.3, -0.25) is 0 Å². The lowest BCUT2D eigenvalue weighted by molar-refractivity contribution is 0.415. The van der Waals surface area contributed by atoms with E-state index in [1.54, 1.807) is 24.1 Å². The van der Waals surface area contributed by atoms with E-state index < -0.39 is 0 Å². The highest BCUT2D eigenvalue weighted by atomic mass is 16.5. The predicted octanol–water partition coefficient (Wildman–Crippen LogP) is 3.52. The summed E-state index contributed by atoms with van der Waals surface area (Å²) in [6, 6.07) is 11.4. The Morgan fingerprint density at radius 3 is 2.57 bits per heavy atom. The maximum Gasteiger partial charge on any atom is 0.141 e. The standard InChI is InChI=1S/C18H19N3O2/c1-4-13-10-16(18(22)9-12(13)2)21-17(11-19-20-21)14-5-7-15(23-3)8-6-14/h5-11,22H,4H2,1-3H3. The van der Waals surface area contributed by atoms with Crippen molar-refractivity contribution in [2.75, 3.05) is 7.11 Å². The number of nitrogens with zero attached hydrogens (tertiary/aromatic N) is 3. The number of methoxy groups -OCH3 is 1.